The number of fused-ring (bicyclic) bond motifs is 1. The SMILES string of the molecule is CS(=O)(=O)c1ccc(-c2ccc3cc(O)ccc3c2Oc2ccc(OCCN3CCCCC3)cc2)cc1C(F)(F)F. The molecule has 0 aromatic heterocycles. The lowest BCUT2D eigenvalue weighted by Crippen LogP contribution is -2.33. The first-order valence-electron chi connectivity index (χ1n) is 13.3. The fraction of sp³-hybridized carbons (Fsp3) is 0.290. The number of hydrogen-bond acceptors (Lipinski definition) is 6. The van der Waals surface area contributed by atoms with Crippen LogP contribution < -0.4 is 9.47 Å². The van der Waals surface area contributed by atoms with Gasteiger partial charge in [0.25, 0.3) is 0 Å². The minimum Gasteiger partial charge on any atom is -0.508 e. The number of piperidine rings is 1. The molecule has 6 nitrogen and oxygen atoms in total. The zero-order valence-electron chi connectivity index (χ0n) is 22.4. The Kier molecular flexibility index (Phi) is 8.15. The summed E-state index contributed by atoms with van der Waals surface area (Å²) in [6.07, 6.45) is -0.451. The van der Waals surface area contributed by atoms with Gasteiger partial charge in [-0.3, -0.25) is 4.90 Å². The Bertz CT molecular complexity index is 1650. The summed E-state index contributed by atoms with van der Waals surface area (Å²) in [5.41, 5.74) is -0.789. The standard InChI is InChI=1S/C31H30F3NO5S/c1-41(37,38)29-14-6-22(20-28(29)31(32,33)34)26-12-5-21-19-23(36)7-13-27(21)30(26)40-25-10-8-24(9-11-25)39-18-17-35-15-3-2-4-16-35/h5-14,19-20,36H,2-4,15-18H2,1H3. The highest BCUT2D eigenvalue weighted by Gasteiger charge is 2.36. The first-order valence-corrected chi connectivity index (χ1v) is 15.2. The molecule has 1 aliphatic rings. The Hall–Kier alpha value is -3.76. The van der Waals surface area contributed by atoms with E-state index in [0.717, 1.165) is 38.0 Å². The van der Waals surface area contributed by atoms with Gasteiger partial charge in [-0.1, -0.05) is 18.6 Å². The number of nitrogens with zero attached hydrogens (tertiary/aromatic N) is 1. The van der Waals surface area contributed by atoms with Crippen molar-refractivity contribution >= 4 is 20.6 Å². The fourth-order valence-electron chi connectivity index (χ4n) is 5.07. The molecule has 1 saturated heterocycles. The first kappa shape index (κ1) is 28.8. The number of alkyl halides is 3. The molecule has 4 aromatic rings. The number of aromatic hydroxyl groups is 1. The molecule has 0 spiro atoms. The van der Waals surface area contributed by atoms with Gasteiger partial charge in [0.1, 0.15) is 29.6 Å². The average molecular weight is 586 g/mol. The van der Waals surface area contributed by atoms with Crippen LogP contribution in [-0.2, 0) is 16.0 Å². The first-order chi connectivity index (χ1) is 19.5. The quantitative estimate of drug-likeness (QED) is 0.234. The Labute approximate surface area is 236 Å². The smallest absolute Gasteiger partial charge is 0.417 e. The number of rotatable bonds is 8. The van der Waals surface area contributed by atoms with Crippen molar-refractivity contribution in [1.29, 1.82) is 0 Å². The highest BCUT2D eigenvalue weighted by molar-refractivity contribution is 7.90. The molecule has 1 heterocycles. The molecule has 0 radical (unpaired) electrons. The van der Waals surface area contributed by atoms with Crippen molar-refractivity contribution < 1.29 is 36.2 Å². The number of phenolic OH excluding ortho intramolecular Hbond substituents is 1. The zero-order valence-corrected chi connectivity index (χ0v) is 23.3. The van der Waals surface area contributed by atoms with Crippen molar-refractivity contribution in [2.75, 3.05) is 32.5 Å². The lowest BCUT2D eigenvalue weighted by molar-refractivity contribution is -0.139. The topological polar surface area (TPSA) is 76.1 Å². The number of phenols is 1. The van der Waals surface area contributed by atoms with E-state index in [4.69, 9.17) is 9.47 Å². The van der Waals surface area contributed by atoms with E-state index in [9.17, 15) is 26.7 Å². The predicted molar refractivity (Wildman–Crippen MR) is 151 cm³/mol. The summed E-state index contributed by atoms with van der Waals surface area (Å²) in [5, 5.41) is 11.1. The van der Waals surface area contributed by atoms with Gasteiger partial charge in [0.15, 0.2) is 9.84 Å². The van der Waals surface area contributed by atoms with Crippen LogP contribution in [0.15, 0.2) is 77.7 Å². The van der Waals surface area contributed by atoms with Gasteiger partial charge in [-0.2, -0.15) is 13.2 Å². The summed E-state index contributed by atoms with van der Waals surface area (Å²) in [4.78, 5) is 1.59. The molecule has 4 aromatic carbocycles. The number of benzene rings is 4. The second kappa shape index (κ2) is 11.6. The number of hydrogen-bond donors (Lipinski definition) is 1. The molecule has 0 amide bonds. The van der Waals surface area contributed by atoms with E-state index >= 15 is 0 Å². The largest absolute Gasteiger partial charge is 0.508 e. The van der Waals surface area contributed by atoms with Crippen molar-refractivity contribution in [2.24, 2.45) is 0 Å². The van der Waals surface area contributed by atoms with Crippen LogP contribution in [-0.4, -0.2) is 50.9 Å². The summed E-state index contributed by atoms with van der Waals surface area (Å²) in [6, 6.07) is 18.0. The van der Waals surface area contributed by atoms with Crippen molar-refractivity contribution in [1.82, 2.24) is 4.90 Å². The Morgan fingerprint density at radius 3 is 2.27 bits per heavy atom. The van der Waals surface area contributed by atoms with Crippen molar-refractivity contribution in [3.63, 3.8) is 0 Å². The van der Waals surface area contributed by atoms with Crippen LogP contribution in [0.25, 0.3) is 21.9 Å². The maximum absolute atomic E-state index is 13.9. The predicted octanol–water partition coefficient (Wildman–Crippen LogP) is 7.29. The molecule has 41 heavy (non-hydrogen) atoms. The van der Waals surface area contributed by atoms with Gasteiger partial charge < -0.3 is 14.6 Å². The molecule has 10 heteroatoms. The maximum Gasteiger partial charge on any atom is 0.417 e. The zero-order chi connectivity index (χ0) is 29.2. The summed E-state index contributed by atoms with van der Waals surface area (Å²) in [5.74, 6) is 1.39. The summed E-state index contributed by atoms with van der Waals surface area (Å²) < 4.78 is 78.0. The Balaban J connectivity index is 1.47. The molecule has 0 aliphatic carbocycles. The van der Waals surface area contributed by atoms with Crippen molar-refractivity contribution in [2.45, 2.75) is 30.3 Å². The van der Waals surface area contributed by atoms with E-state index in [2.05, 4.69) is 4.90 Å². The Morgan fingerprint density at radius 1 is 0.878 bits per heavy atom. The van der Waals surface area contributed by atoms with E-state index < -0.39 is 26.5 Å². The van der Waals surface area contributed by atoms with Crippen LogP contribution in [0.2, 0.25) is 0 Å². The van der Waals surface area contributed by atoms with E-state index in [1.165, 1.54) is 37.5 Å². The second-order valence-electron chi connectivity index (χ2n) is 10.2. The molecule has 0 unspecified atom stereocenters. The lowest BCUT2D eigenvalue weighted by atomic mass is 9.97. The monoisotopic (exact) mass is 585 g/mol. The third-order valence-electron chi connectivity index (χ3n) is 7.12. The van der Waals surface area contributed by atoms with Gasteiger partial charge in [0.05, 0.1) is 10.5 Å². The third kappa shape index (κ3) is 6.77. The van der Waals surface area contributed by atoms with Gasteiger partial charge >= 0.3 is 6.18 Å². The molecule has 1 N–H and O–H groups in total. The van der Waals surface area contributed by atoms with Crippen molar-refractivity contribution in [3.05, 3.63) is 78.4 Å². The van der Waals surface area contributed by atoms with Gasteiger partial charge in [-0.25, -0.2) is 8.42 Å². The van der Waals surface area contributed by atoms with E-state index in [1.807, 2.05) is 0 Å². The van der Waals surface area contributed by atoms with Crippen LogP contribution >= 0.6 is 0 Å². The second-order valence-corrected chi connectivity index (χ2v) is 12.1. The van der Waals surface area contributed by atoms with E-state index in [0.29, 0.717) is 34.4 Å². The summed E-state index contributed by atoms with van der Waals surface area (Å²) >= 11 is 0. The lowest BCUT2D eigenvalue weighted by Gasteiger charge is -2.26. The molecule has 1 fully saturated rings. The normalized spacial score (nSPS) is 14.7. The van der Waals surface area contributed by atoms with Crippen LogP contribution in [0.4, 0.5) is 13.2 Å². The van der Waals surface area contributed by atoms with Gasteiger partial charge in [0.2, 0.25) is 0 Å². The van der Waals surface area contributed by atoms with E-state index in [-0.39, 0.29) is 17.1 Å². The van der Waals surface area contributed by atoms with Crippen LogP contribution in [0.5, 0.6) is 23.0 Å². The molecule has 0 atom stereocenters. The number of halogens is 3. The van der Waals surface area contributed by atoms with Gasteiger partial charge in [-0.15, -0.1) is 0 Å². The summed E-state index contributed by atoms with van der Waals surface area (Å²) in [6.45, 7) is 3.58. The van der Waals surface area contributed by atoms with Crippen LogP contribution in [0.3, 0.4) is 0 Å². The van der Waals surface area contributed by atoms with Crippen LogP contribution in [0.1, 0.15) is 24.8 Å². The van der Waals surface area contributed by atoms with E-state index in [1.54, 1.807) is 42.5 Å². The highest BCUT2D eigenvalue weighted by atomic mass is 32.2. The number of sulfone groups is 1. The molecule has 1 aliphatic heterocycles. The minimum absolute atomic E-state index is 0.0270. The molecular weight excluding hydrogens is 555 g/mol. The highest BCUT2D eigenvalue weighted by Crippen LogP contribution is 2.43. The van der Waals surface area contributed by atoms with Gasteiger partial charge in [-0.05, 0) is 97.5 Å². The molecular formula is C31H30F3NO5S. The van der Waals surface area contributed by atoms with Crippen LogP contribution in [0, 0.1) is 0 Å². The minimum atomic E-state index is -4.89. The average Bonchev–Trinajstić information content (AvgIpc) is 2.93. The van der Waals surface area contributed by atoms with Gasteiger partial charge in [0, 0.05) is 23.8 Å². The third-order valence-corrected chi connectivity index (χ3v) is 8.27. The molecule has 5 rings (SSSR count). The molecule has 216 valence electrons. The summed E-state index contributed by atoms with van der Waals surface area (Å²) in [7, 11) is -4.12. The number of ether oxygens (including phenoxy) is 2. The Morgan fingerprint density at radius 2 is 1.59 bits per heavy atom. The molecule has 0 saturated carbocycles. The fourth-order valence-corrected chi connectivity index (χ4v) is 5.96. The molecule has 0 bridgehead atoms. The number of likely N-dealkylation sites (tertiary alicyclic amines) is 1. The van der Waals surface area contributed by atoms with Crippen molar-refractivity contribution in [3.8, 4) is 34.1 Å². The maximum atomic E-state index is 13.9.